The molecule has 0 aliphatic carbocycles. The molecule has 7 N–H and O–H groups in total. The second kappa shape index (κ2) is 2.24. The molecule has 0 aromatic heterocycles. The van der Waals surface area contributed by atoms with E-state index in [-0.39, 0.29) is 11.5 Å². The fraction of sp³-hybridized carbons (Fsp3) is 0.200. The van der Waals surface area contributed by atoms with Crippen LogP contribution in [0.1, 0.15) is 0 Å². The Labute approximate surface area is 62.4 Å². The van der Waals surface area contributed by atoms with E-state index in [0.29, 0.717) is 0 Å². The van der Waals surface area contributed by atoms with E-state index < -0.39 is 17.7 Å². The fourth-order valence-corrected chi connectivity index (χ4v) is 0.657. The number of hydrogen-bond acceptors (Lipinski definition) is 5. The van der Waals surface area contributed by atoms with Crippen molar-refractivity contribution >= 4 is 11.6 Å². The number of aliphatic hydroxyl groups is 2. The van der Waals surface area contributed by atoms with E-state index >= 15 is 0 Å². The minimum absolute atomic E-state index is 0.104. The van der Waals surface area contributed by atoms with Gasteiger partial charge in [-0.05, 0) is 0 Å². The van der Waals surface area contributed by atoms with Crippen LogP contribution in [0.4, 0.5) is 0 Å². The van der Waals surface area contributed by atoms with E-state index in [1.165, 1.54) is 0 Å². The summed E-state index contributed by atoms with van der Waals surface area (Å²) in [5.74, 6) is -0.741. The Morgan fingerprint density at radius 1 is 1.45 bits per heavy atom. The predicted molar refractivity (Wildman–Crippen MR) is 39.2 cm³/mol. The lowest BCUT2D eigenvalue weighted by atomic mass is 10.1. The van der Waals surface area contributed by atoms with Crippen LogP contribution in [0.3, 0.4) is 0 Å². The number of nitrogens with zero attached hydrogens (tertiary/aromatic N) is 1. The Hall–Kier alpha value is -1.56. The number of nitrogens with one attached hydrogen (secondary N) is 1. The second-order valence-corrected chi connectivity index (χ2v) is 2.09. The first-order chi connectivity index (χ1) is 5.04. The predicted octanol–water partition coefficient (Wildman–Crippen LogP) is -1.58. The van der Waals surface area contributed by atoms with Gasteiger partial charge in [0.2, 0.25) is 5.90 Å². The van der Waals surface area contributed by atoms with Gasteiger partial charge in [-0.1, -0.05) is 0 Å². The molecule has 1 unspecified atom stereocenters. The normalized spacial score (nSPS) is 25.4. The first-order valence-electron chi connectivity index (χ1n) is 2.83. The van der Waals surface area contributed by atoms with Crippen molar-refractivity contribution in [3.63, 3.8) is 0 Å². The van der Waals surface area contributed by atoms with Crippen LogP contribution in [0.25, 0.3) is 0 Å². The molecule has 1 atom stereocenters. The van der Waals surface area contributed by atoms with Gasteiger partial charge in [0, 0.05) is 0 Å². The van der Waals surface area contributed by atoms with Gasteiger partial charge in [0.15, 0.2) is 0 Å². The maximum Gasteiger partial charge on any atom is 0.237 e. The highest BCUT2D eigenvalue weighted by Crippen LogP contribution is 2.08. The lowest BCUT2D eigenvalue weighted by Gasteiger charge is -2.16. The van der Waals surface area contributed by atoms with Crippen molar-refractivity contribution in [3.8, 4) is 0 Å². The highest BCUT2D eigenvalue weighted by Gasteiger charge is 2.25. The molecule has 1 heterocycles. The molecule has 0 amide bonds. The van der Waals surface area contributed by atoms with Crippen molar-refractivity contribution in [3.05, 3.63) is 11.5 Å². The molecule has 11 heavy (non-hydrogen) atoms. The summed E-state index contributed by atoms with van der Waals surface area (Å²) in [6.45, 7) is 0. The van der Waals surface area contributed by atoms with Crippen LogP contribution in [0.5, 0.6) is 0 Å². The monoisotopic (exact) mass is 156 g/mol. The molecule has 0 aromatic rings. The number of aliphatic hydroxyl groups excluding tert-OH is 2. The van der Waals surface area contributed by atoms with Crippen LogP contribution < -0.4 is 11.5 Å². The lowest BCUT2D eigenvalue weighted by molar-refractivity contribution is 0.271. The summed E-state index contributed by atoms with van der Waals surface area (Å²) in [7, 11) is 0. The van der Waals surface area contributed by atoms with Crippen LogP contribution in [0.15, 0.2) is 16.5 Å². The highest BCUT2D eigenvalue weighted by atomic mass is 16.3. The van der Waals surface area contributed by atoms with Gasteiger partial charge in [0.25, 0.3) is 0 Å². The van der Waals surface area contributed by atoms with E-state index in [0.717, 1.165) is 0 Å². The smallest absolute Gasteiger partial charge is 0.237 e. The third kappa shape index (κ3) is 1.03. The summed E-state index contributed by atoms with van der Waals surface area (Å²) >= 11 is 0. The standard InChI is InChI=1S/C5H8N4O2/c6-1-3(10)2(7)5(11)9-4(1)8/h3,7,10H,6,8H2,(H,9,11). The fourth-order valence-electron chi connectivity index (χ4n) is 0.657. The molecule has 60 valence electrons. The summed E-state index contributed by atoms with van der Waals surface area (Å²) in [6.07, 6.45) is -1.34. The summed E-state index contributed by atoms with van der Waals surface area (Å²) in [5, 5.41) is 24.9. The van der Waals surface area contributed by atoms with Gasteiger partial charge >= 0.3 is 0 Å². The molecule has 1 aliphatic heterocycles. The topological polar surface area (TPSA) is 129 Å². The maximum atomic E-state index is 9.06. The lowest BCUT2D eigenvalue weighted by Crippen LogP contribution is -2.38. The SMILES string of the molecule is N=C1C(O)=NC(N)=C(N)C1O. The third-order valence-corrected chi connectivity index (χ3v) is 1.33. The molecule has 0 fully saturated rings. The van der Waals surface area contributed by atoms with E-state index in [1.54, 1.807) is 0 Å². The average Bonchev–Trinajstić information content (AvgIpc) is 1.97. The molecule has 0 spiro atoms. The van der Waals surface area contributed by atoms with Gasteiger partial charge < -0.3 is 21.7 Å². The molecule has 6 nitrogen and oxygen atoms in total. The van der Waals surface area contributed by atoms with Gasteiger partial charge in [0.1, 0.15) is 17.6 Å². The number of aliphatic imine (C=N–C) groups is 1. The molecule has 0 bridgehead atoms. The Morgan fingerprint density at radius 3 is 2.55 bits per heavy atom. The summed E-state index contributed by atoms with van der Waals surface area (Å²) in [4.78, 5) is 3.32. The van der Waals surface area contributed by atoms with Gasteiger partial charge in [0.05, 0.1) is 5.70 Å². The van der Waals surface area contributed by atoms with Crippen molar-refractivity contribution < 1.29 is 10.2 Å². The molecular formula is C5H8N4O2. The summed E-state index contributed by atoms with van der Waals surface area (Å²) < 4.78 is 0. The Balaban J connectivity index is 3.11. The first kappa shape index (κ1) is 7.55. The van der Waals surface area contributed by atoms with Crippen LogP contribution in [0, 0.1) is 5.41 Å². The largest absolute Gasteiger partial charge is 0.492 e. The quantitative estimate of drug-likeness (QED) is 0.290. The minimum Gasteiger partial charge on any atom is -0.492 e. The Bertz CT molecular complexity index is 268. The third-order valence-electron chi connectivity index (χ3n) is 1.33. The molecule has 0 saturated carbocycles. The van der Waals surface area contributed by atoms with E-state index in [2.05, 4.69) is 4.99 Å². The summed E-state index contributed by atoms with van der Waals surface area (Å²) in [5.41, 5.74) is 9.85. The van der Waals surface area contributed by atoms with Gasteiger partial charge in [-0.3, -0.25) is 5.41 Å². The second-order valence-electron chi connectivity index (χ2n) is 2.09. The van der Waals surface area contributed by atoms with Gasteiger partial charge in [-0.15, -0.1) is 0 Å². The van der Waals surface area contributed by atoms with Crippen molar-refractivity contribution in [2.75, 3.05) is 0 Å². The molecule has 1 rings (SSSR count). The van der Waals surface area contributed by atoms with E-state index in [4.69, 9.17) is 27.1 Å². The van der Waals surface area contributed by atoms with Crippen LogP contribution in [-0.4, -0.2) is 27.9 Å². The zero-order chi connectivity index (χ0) is 8.59. The van der Waals surface area contributed by atoms with Crippen molar-refractivity contribution in [1.29, 1.82) is 5.41 Å². The number of hydrogen-bond donors (Lipinski definition) is 5. The van der Waals surface area contributed by atoms with E-state index in [1.807, 2.05) is 0 Å². The Morgan fingerprint density at radius 2 is 2.00 bits per heavy atom. The average molecular weight is 156 g/mol. The van der Waals surface area contributed by atoms with Crippen LogP contribution in [0.2, 0.25) is 0 Å². The van der Waals surface area contributed by atoms with Crippen LogP contribution >= 0.6 is 0 Å². The minimum atomic E-state index is -1.34. The Kier molecular flexibility index (Phi) is 1.54. The summed E-state index contributed by atoms with van der Waals surface area (Å²) in [6, 6.07) is 0. The number of nitrogens with two attached hydrogens (primary N) is 2. The van der Waals surface area contributed by atoms with Crippen molar-refractivity contribution in [2.24, 2.45) is 16.5 Å². The molecule has 0 saturated heterocycles. The zero-order valence-electron chi connectivity index (χ0n) is 5.57. The van der Waals surface area contributed by atoms with Crippen LogP contribution in [-0.2, 0) is 0 Å². The van der Waals surface area contributed by atoms with Crippen molar-refractivity contribution in [2.45, 2.75) is 6.10 Å². The van der Waals surface area contributed by atoms with E-state index in [9.17, 15) is 0 Å². The molecule has 0 aromatic carbocycles. The highest BCUT2D eigenvalue weighted by molar-refractivity contribution is 6.39. The number of rotatable bonds is 0. The zero-order valence-corrected chi connectivity index (χ0v) is 5.57. The van der Waals surface area contributed by atoms with Crippen molar-refractivity contribution in [1.82, 2.24) is 0 Å². The molecule has 1 aliphatic rings. The first-order valence-corrected chi connectivity index (χ1v) is 2.83. The molecule has 0 radical (unpaired) electrons. The molecular weight excluding hydrogens is 148 g/mol. The van der Waals surface area contributed by atoms with Gasteiger partial charge in [-0.25, -0.2) is 0 Å². The molecule has 6 heteroatoms. The maximum absolute atomic E-state index is 9.06. The van der Waals surface area contributed by atoms with Gasteiger partial charge in [-0.2, -0.15) is 4.99 Å².